The standard InChI is InChI=1S/C24H24ClNO4/c1-28-22-9-7-16(11-20(22)25)26-12-18-21(30-14-26)10-8-17-23(27)19(13-29-24(17)18)15-5-3-2-4-6-15/h2-7,9,11,13,17-18,21,24H,8,10,12,14H2,1H3. The van der Waals surface area contributed by atoms with Crippen LogP contribution in [0, 0.1) is 11.8 Å². The predicted octanol–water partition coefficient (Wildman–Crippen LogP) is 4.55. The number of hydrogen-bond donors (Lipinski definition) is 0. The highest BCUT2D eigenvalue weighted by Gasteiger charge is 2.49. The molecule has 2 aliphatic heterocycles. The Bertz CT molecular complexity index is 976. The van der Waals surface area contributed by atoms with Gasteiger partial charge < -0.3 is 19.1 Å². The quantitative estimate of drug-likeness (QED) is 0.722. The fourth-order valence-corrected chi connectivity index (χ4v) is 5.15. The van der Waals surface area contributed by atoms with Gasteiger partial charge in [0.2, 0.25) is 0 Å². The molecule has 0 N–H and O–H groups in total. The number of ketones is 1. The third-order valence-corrected chi connectivity index (χ3v) is 6.76. The van der Waals surface area contributed by atoms with Crippen molar-refractivity contribution in [2.24, 2.45) is 11.8 Å². The number of ether oxygens (including phenoxy) is 3. The molecule has 156 valence electrons. The molecule has 4 atom stereocenters. The molecule has 0 aromatic heterocycles. The van der Waals surface area contributed by atoms with E-state index in [0.29, 0.717) is 23.1 Å². The SMILES string of the molecule is COc1ccc(N2COC3CCC4C(=O)C(c5ccccc5)=COC4C3C2)cc1Cl. The summed E-state index contributed by atoms with van der Waals surface area (Å²) >= 11 is 6.32. The molecule has 0 bridgehead atoms. The summed E-state index contributed by atoms with van der Waals surface area (Å²) in [7, 11) is 1.60. The molecule has 5 rings (SSSR count). The largest absolute Gasteiger partial charge is 0.496 e. The van der Waals surface area contributed by atoms with Gasteiger partial charge in [-0.05, 0) is 36.6 Å². The Morgan fingerprint density at radius 1 is 1.13 bits per heavy atom. The molecule has 0 radical (unpaired) electrons. The number of fused-ring (bicyclic) bond motifs is 3. The lowest BCUT2D eigenvalue weighted by atomic mass is 9.71. The normalized spacial score (nSPS) is 28.1. The molecule has 6 heteroatoms. The van der Waals surface area contributed by atoms with Gasteiger partial charge in [-0.3, -0.25) is 4.79 Å². The van der Waals surface area contributed by atoms with E-state index >= 15 is 0 Å². The molecule has 2 aromatic carbocycles. The number of Topliss-reactive ketones (excluding diaryl/α,β-unsaturated/α-hetero) is 1. The number of rotatable bonds is 3. The predicted molar refractivity (Wildman–Crippen MR) is 116 cm³/mol. The Balaban J connectivity index is 1.38. The summed E-state index contributed by atoms with van der Waals surface area (Å²) in [5.41, 5.74) is 2.56. The van der Waals surface area contributed by atoms with E-state index in [1.807, 2.05) is 48.5 Å². The first kappa shape index (κ1) is 19.5. The Kier molecular flexibility index (Phi) is 5.17. The number of hydrogen-bond acceptors (Lipinski definition) is 5. The van der Waals surface area contributed by atoms with Crippen LogP contribution < -0.4 is 9.64 Å². The van der Waals surface area contributed by atoms with Crippen molar-refractivity contribution in [3.63, 3.8) is 0 Å². The number of benzene rings is 2. The van der Waals surface area contributed by atoms with Gasteiger partial charge in [-0.1, -0.05) is 41.9 Å². The van der Waals surface area contributed by atoms with Crippen molar-refractivity contribution >= 4 is 28.6 Å². The highest BCUT2D eigenvalue weighted by atomic mass is 35.5. The Labute approximate surface area is 181 Å². The molecule has 1 saturated carbocycles. The molecule has 2 aromatic rings. The van der Waals surface area contributed by atoms with Crippen LogP contribution >= 0.6 is 11.6 Å². The zero-order valence-corrected chi connectivity index (χ0v) is 17.5. The molecule has 1 aliphatic carbocycles. The summed E-state index contributed by atoms with van der Waals surface area (Å²) < 4.78 is 17.6. The maximum absolute atomic E-state index is 13.3. The first-order valence-corrected chi connectivity index (χ1v) is 10.7. The molecule has 2 fully saturated rings. The van der Waals surface area contributed by atoms with Crippen molar-refractivity contribution < 1.29 is 19.0 Å². The molecule has 4 unspecified atom stereocenters. The van der Waals surface area contributed by atoms with Gasteiger partial charge in [-0.25, -0.2) is 0 Å². The monoisotopic (exact) mass is 425 g/mol. The van der Waals surface area contributed by atoms with E-state index < -0.39 is 0 Å². The maximum Gasteiger partial charge on any atom is 0.173 e. The molecular weight excluding hydrogens is 402 g/mol. The van der Waals surface area contributed by atoms with Crippen LogP contribution in [0.2, 0.25) is 5.02 Å². The second kappa shape index (κ2) is 7.97. The molecule has 0 spiro atoms. The summed E-state index contributed by atoms with van der Waals surface area (Å²) in [5, 5.41) is 0.568. The zero-order chi connectivity index (χ0) is 20.7. The van der Waals surface area contributed by atoms with Crippen LogP contribution in [-0.2, 0) is 14.3 Å². The first-order valence-electron chi connectivity index (χ1n) is 10.3. The highest BCUT2D eigenvalue weighted by molar-refractivity contribution is 6.32. The molecular formula is C24H24ClNO4. The van der Waals surface area contributed by atoms with Crippen LogP contribution in [0.15, 0.2) is 54.8 Å². The van der Waals surface area contributed by atoms with Gasteiger partial charge in [0, 0.05) is 18.2 Å². The van der Waals surface area contributed by atoms with E-state index in [1.54, 1.807) is 13.4 Å². The number of halogens is 1. The van der Waals surface area contributed by atoms with Gasteiger partial charge in [0.1, 0.15) is 18.6 Å². The van der Waals surface area contributed by atoms with Crippen LogP contribution in [0.3, 0.4) is 0 Å². The lowest BCUT2D eigenvalue weighted by Gasteiger charge is -2.48. The molecule has 3 aliphatic rings. The highest BCUT2D eigenvalue weighted by Crippen LogP contribution is 2.43. The van der Waals surface area contributed by atoms with Gasteiger partial charge in [0.15, 0.2) is 5.78 Å². The third-order valence-electron chi connectivity index (χ3n) is 6.46. The van der Waals surface area contributed by atoms with Crippen molar-refractivity contribution in [3.8, 4) is 5.75 Å². The third kappa shape index (κ3) is 3.36. The molecule has 2 heterocycles. The Morgan fingerprint density at radius 2 is 1.97 bits per heavy atom. The Hall–Kier alpha value is -2.50. The summed E-state index contributed by atoms with van der Waals surface area (Å²) in [6, 6.07) is 15.5. The molecule has 30 heavy (non-hydrogen) atoms. The topological polar surface area (TPSA) is 48.0 Å². The summed E-state index contributed by atoms with van der Waals surface area (Å²) in [4.78, 5) is 15.4. The van der Waals surface area contributed by atoms with Gasteiger partial charge >= 0.3 is 0 Å². The smallest absolute Gasteiger partial charge is 0.173 e. The molecule has 1 saturated heterocycles. The summed E-state index contributed by atoms with van der Waals surface area (Å²) in [6.07, 6.45) is 3.27. The van der Waals surface area contributed by atoms with Gasteiger partial charge in [-0.2, -0.15) is 0 Å². The first-order chi connectivity index (χ1) is 14.7. The number of carbonyl (C=O) groups is 1. The van der Waals surface area contributed by atoms with Gasteiger partial charge in [0.05, 0.1) is 36.0 Å². The van der Waals surface area contributed by atoms with E-state index in [9.17, 15) is 4.79 Å². The van der Waals surface area contributed by atoms with E-state index in [4.69, 9.17) is 25.8 Å². The second-order valence-electron chi connectivity index (χ2n) is 8.09. The van der Waals surface area contributed by atoms with E-state index in [1.165, 1.54) is 0 Å². The van der Waals surface area contributed by atoms with Crippen LogP contribution in [0.5, 0.6) is 5.75 Å². The summed E-state index contributed by atoms with van der Waals surface area (Å²) in [5.74, 6) is 0.819. The number of carbonyl (C=O) groups excluding carboxylic acids is 1. The minimum atomic E-state index is -0.166. The number of nitrogens with zero attached hydrogens (tertiary/aromatic N) is 1. The van der Waals surface area contributed by atoms with Crippen molar-refractivity contribution in [2.75, 3.05) is 25.3 Å². The number of methoxy groups -OCH3 is 1. The molecule has 0 amide bonds. The minimum absolute atomic E-state index is 0.107. The van der Waals surface area contributed by atoms with Crippen LogP contribution in [0.1, 0.15) is 18.4 Å². The molecule has 5 nitrogen and oxygen atoms in total. The maximum atomic E-state index is 13.3. The number of anilines is 1. The fraction of sp³-hybridized carbons (Fsp3) is 0.375. The lowest BCUT2D eigenvalue weighted by molar-refractivity contribution is -0.140. The van der Waals surface area contributed by atoms with E-state index in [0.717, 1.165) is 30.6 Å². The van der Waals surface area contributed by atoms with Gasteiger partial charge in [-0.15, -0.1) is 0 Å². The Morgan fingerprint density at radius 3 is 2.73 bits per heavy atom. The van der Waals surface area contributed by atoms with Gasteiger partial charge in [0.25, 0.3) is 0 Å². The second-order valence-corrected chi connectivity index (χ2v) is 8.49. The average Bonchev–Trinajstić information content (AvgIpc) is 2.79. The lowest BCUT2D eigenvalue weighted by Crippen LogP contribution is -2.56. The van der Waals surface area contributed by atoms with Crippen LogP contribution in [0.25, 0.3) is 5.57 Å². The van der Waals surface area contributed by atoms with Crippen molar-refractivity contribution in [1.82, 2.24) is 0 Å². The summed E-state index contributed by atoms with van der Waals surface area (Å²) in [6.45, 7) is 1.26. The minimum Gasteiger partial charge on any atom is -0.496 e. The van der Waals surface area contributed by atoms with Crippen molar-refractivity contribution in [3.05, 3.63) is 65.4 Å². The average molecular weight is 426 g/mol. The van der Waals surface area contributed by atoms with Crippen LogP contribution in [-0.4, -0.2) is 38.4 Å². The fourth-order valence-electron chi connectivity index (χ4n) is 4.89. The van der Waals surface area contributed by atoms with Crippen molar-refractivity contribution in [1.29, 1.82) is 0 Å². The van der Waals surface area contributed by atoms with Crippen LogP contribution in [0.4, 0.5) is 5.69 Å². The van der Waals surface area contributed by atoms with Crippen molar-refractivity contribution in [2.45, 2.75) is 25.0 Å². The number of allylic oxidation sites excluding steroid dienone is 1. The van der Waals surface area contributed by atoms with E-state index in [-0.39, 0.29) is 29.8 Å². The zero-order valence-electron chi connectivity index (χ0n) is 16.8. The van der Waals surface area contributed by atoms with E-state index in [2.05, 4.69) is 4.90 Å².